The van der Waals surface area contributed by atoms with Gasteiger partial charge in [0, 0.05) is 22.6 Å². The Balaban J connectivity index is 1.83. The van der Waals surface area contributed by atoms with Crippen LogP contribution in [-0.2, 0) is 22.6 Å². The highest BCUT2D eigenvalue weighted by Gasteiger charge is 2.30. The summed E-state index contributed by atoms with van der Waals surface area (Å²) in [6, 6.07) is 10.5. The highest BCUT2D eigenvalue weighted by Crippen LogP contribution is 2.25. The predicted molar refractivity (Wildman–Crippen MR) is 126 cm³/mol. The van der Waals surface area contributed by atoms with Crippen molar-refractivity contribution in [1.82, 2.24) is 10.2 Å². The second kappa shape index (κ2) is 11.7. The van der Waals surface area contributed by atoms with Crippen molar-refractivity contribution in [1.29, 1.82) is 0 Å². The van der Waals surface area contributed by atoms with Gasteiger partial charge in [-0.2, -0.15) is 0 Å². The van der Waals surface area contributed by atoms with E-state index >= 15 is 0 Å². The van der Waals surface area contributed by atoms with Crippen molar-refractivity contribution in [2.24, 2.45) is 0 Å². The number of carbonyl (C=O) groups excluding carboxylic acids is 2. The molecular formula is C25H29Cl2FN2O2. The Labute approximate surface area is 199 Å². The minimum Gasteiger partial charge on any atom is -0.352 e. The molecule has 0 unspecified atom stereocenters. The number of rotatable bonds is 8. The third kappa shape index (κ3) is 6.69. The summed E-state index contributed by atoms with van der Waals surface area (Å²) in [5.74, 6) is -0.713. The quantitative estimate of drug-likeness (QED) is 0.510. The first kappa shape index (κ1) is 24.5. The molecule has 0 radical (unpaired) electrons. The van der Waals surface area contributed by atoms with Crippen molar-refractivity contribution in [2.45, 2.75) is 70.5 Å². The van der Waals surface area contributed by atoms with Gasteiger partial charge in [-0.3, -0.25) is 9.59 Å². The van der Waals surface area contributed by atoms with Gasteiger partial charge < -0.3 is 10.2 Å². The summed E-state index contributed by atoms with van der Waals surface area (Å²) in [6.07, 6.45) is 5.88. The van der Waals surface area contributed by atoms with Crippen molar-refractivity contribution in [3.63, 3.8) is 0 Å². The third-order valence-corrected chi connectivity index (χ3v) is 6.55. The van der Waals surface area contributed by atoms with Gasteiger partial charge in [0.2, 0.25) is 11.8 Å². The molecular weight excluding hydrogens is 450 g/mol. The van der Waals surface area contributed by atoms with E-state index in [2.05, 4.69) is 5.32 Å². The van der Waals surface area contributed by atoms with Gasteiger partial charge in [0.25, 0.3) is 0 Å². The highest BCUT2D eigenvalue weighted by molar-refractivity contribution is 6.35. The van der Waals surface area contributed by atoms with Crippen LogP contribution in [0.3, 0.4) is 0 Å². The first-order chi connectivity index (χ1) is 15.4. The standard InChI is InChI=1S/C25H29Cl2FN2O2/c1-2-23(25(32)29-21-6-4-3-5-7-21)30(16-18-10-11-19(26)15-22(18)27)24(31)14-17-8-12-20(28)13-9-17/h8-13,15,21,23H,2-7,14,16H2,1H3,(H,29,32)/t23-/m1/s1. The molecule has 0 saturated heterocycles. The molecule has 0 heterocycles. The predicted octanol–water partition coefficient (Wildman–Crippen LogP) is 5.93. The lowest BCUT2D eigenvalue weighted by atomic mass is 9.95. The normalized spacial score (nSPS) is 15.2. The highest BCUT2D eigenvalue weighted by atomic mass is 35.5. The Morgan fingerprint density at radius 3 is 2.41 bits per heavy atom. The van der Waals surface area contributed by atoms with E-state index in [0.717, 1.165) is 25.7 Å². The molecule has 1 aliphatic rings. The molecule has 0 aliphatic heterocycles. The van der Waals surface area contributed by atoms with Crippen LogP contribution >= 0.6 is 23.2 Å². The van der Waals surface area contributed by atoms with Crippen LogP contribution in [0.5, 0.6) is 0 Å². The summed E-state index contributed by atoms with van der Waals surface area (Å²) < 4.78 is 13.3. The maximum atomic E-state index is 13.4. The molecule has 2 amide bonds. The third-order valence-electron chi connectivity index (χ3n) is 5.96. The lowest BCUT2D eigenvalue weighted by Gasteiger charge is -2.33. The lowest BCUT2D eigenvalue weighted by Crippen LogP contribution is -2.52. The Hall–Kier alpha value is -2.11. The van der Waals surface area contributed by atoms with Gasteiger partial charge in [-0.1, -0.05) is 67.6 Å². The maximum Gasteiger partial charge on any atom is 0.243 e. The van der Waals surface area contributed by atoms with Gasteiger partial charge in [-0.15, -0.1) is 0 Å². The van der Waals surface area contributed by atoms with Crippen LogP contribution in [0.15, 0.2) is 42.5 Å². The summed E-state index contributed by atoms with van der Waals surface area (Å²) in [5.41, 5.74) is 1.40. The van der Waals surface area contributed by atoms with Gasteiger partial charge in [0.05, 0.1) is 6.42 Å². The number of hydrogen-bond acceptors (Lipinski definition) is 2. The van der Waals surface area contributed by atoms with Gasteiger partial charge in [-0.05, 0) is 54.7 Å². The SMILES string of the molecule is CC[C@H](C(=O)NC1CCCCC1)N(Cc1ccc(Cl)cc1Cl)C(=O)Cc1ccc(F)cc1. The largest absolute Gasteiger partial charge is 0.352 e. The average molecular weight is 479 g/mol. The van der Waals surface area contributed by atoms with Gasteiger partial charge >= 0.3 is 0 Å². The van der Waals surface area contributed by atoms with E-state index in [0.29, 0.717) is 27.6 Å². The molecule has 7 heteroatoms. The first-order valence-corrected chi connectivity index (χ1v) is 11.9. The Bertz CT molecular complexity index is 930. The fraction of sp³-hybridized carbons (Fsp3) is 0.440. The average Bonchev–Trinajstić information content (AvgIpc) is 2.77. The fourth-order valence-corrected chi connectivity index (χ4v) is 4.64. The molecule has 2 aromatic carbocycles. The number of hydrogen-bond donors (Lipinski definition) is 1. The van der Waals surface area contributed by atoms with E-state index in [9.17, 15) is 14.0 Å². The van der Waals surface area contributed by atoms with Crippen molar-refractivity contribution in [3.8, 4) is 0 Å². The molecule has 4 nitrogen and oxygen atoms in total. The Kier molecular flexibility index (Phi) is 8.94. The van der Waals surface area contributed by atoms with Gasteiger partial charge in [0.1, 0.15) is 11.9 Å². The first-order valence-electron chi connectivity index (χ1n) is 11.2. The van der Waals surface area contributed by atoms with Gasteiger partial charge in [0.15, 0.2) is 0 Å². The minimum atomic E-state index is -0.628. The molecule has 1 aliphatic carbocycles. The zero-order chi connectivity index (χ0) is 23.1. The van der Waals surface area contributed by atoms with E-state index in [1.165, 1.54) is 18.6 Å². The summed E-state index contributed by atoms with van der Waals surface area (Å²) in [7, 11) is 0. The molecule has 0 aromatic heterocycles. The number of nitrogens with one attached hydrogen (secondary N) is 1. The number of amides is 2. The van der Waals surface area contributed by atoms with Gasteiger partial charge in [-0.25, -0.2) is 4.39 Å². The summed E-state index contributed by atoms with van der Waals surface area (Å²) in [4.78, 5) is 28.1. The van der Waals surface area contributed by atoms with Crippen LogP contribution in [0.1, 0.15) is 56.6 Å². The lowest BCUT2D eigenvalue weighted by molar-refractivity contribution is -0.141. The van der Waals surface area contributed by atoms with E-state index in [-0.39, 0.29) is 36.6 Å². The number of benzene rings is 2. The molecule has 32 heavy (non-hydrogen) atoms. The van der Waals surface area contributed by atoms with Crippen LogP contribution in [0.2, 0.25) is 10.0 Å². The summed E-state index contributed by atoms with van der Waals surface area (Å²) >= 11 is 12.4. The van der Waals surface area contributed by atoms with E-state index in [1.807, 2.05) is 6.92 Å². The van der Waals surface area contributed by atoms with Crippen molar-refractivity contribution in [2.75, 3.05) is 0 Å². The molecule has 2 aromatic rings. The van der Waals surface area contributed by atoms with Crippen molar-refractivity contribution >= 4 is 35.0 Å². The molecule has 1 saturated carbocycles. The van der Waals surface area contributed by atoms with Crippen LogP contribution in [-0.4, -0.2) is 28.8 Å². The van der Waals surface area contributed by atoms with Crippen molar-refractivity contribution in [3.05, 3.63) is 69.5 Å². The molecule has 3 rings (SSSR count). The molecule has 0 bridgehead atoms. The molecule has 1 N–H and O–H groups in total. The second-order valence-corrected chi connectivity index (χ2v) is 9.17. The molecule has 0 spiro atoms. The number of nitrogens with zero attached hydrogens (tertiary/aromatic N) is 1. The Morgan fingerprint density at radius 2 is 1.78 bits per heavy atom. The van der Waals surface area contributed by atoms with Crippen LogP contribution in [0, 0.1) is 5.82 Å². The summed E-state index contributed by atoms with van der Waals surface area (Å²) in [6.45, 7) is 2.08. The minimum absolute atomic E-state index is 0.0682. The smallest absolute Gasteiger partial charge is 0.243 e. The monoisotopic (exact) mass is 478 g/mol. The maximum absolute atomic E-state index is 13.4. The topological polar surface area (TPSA) is 49.4 Å². The number of carbonyl (C=O) groups is 2. The van der Waals surface area contributed by atoms with Crippen LogP contribution in [0.4, 0.5) is 4.39 Å². The zero-order valence-corrected chi connectivity index (χ0v) is 19.8. The van der Waals surface area contributed by atoms with Crippen molar-refractivity contribution < 1.29 is 14.0 Å². The zero-order valence-electron chi connectivity index (χ0n) is 18.3. The number of halogens is 3. The van der Waals surface area contributed by atoms with E-state index in [1.54, 1.807) is 35.2 Å². The van der Waals surface area contributed by atoms with E-state index in [4.69, 9.17) is 23.2 Å². The van der Waals surface area contributed by atoms with E-state index < -0.39 is 6.04 Å². The molecule has 1 fully saturated rings. The molecule has 172 valence electrons. The molecule has 1 atom stereocenters. The van der Waals surface area contributed by atoms with Crippen LogP contribution in [0.25, 0.3) is 0 Å². The fourth-order valence-electron chi connectivity index (χ4n) is 4.18. The Morgan fingerprint density at radius 1 is 1.09 bits per heavy atom. The van der Waals surface area contributed by atoms with Crippen LogP contribution < -0.4 is 5.32 Å². The second-order valence-electron chi connectivity index (χ2n) is 8.33. The summed E-state index contributed by atoms with van der Waals surface area (Å²) in [5, 5.41) is 4.10.